The van der Waals surface area contributed by atoms with Crippen LogP contribution in [0.15, 0.2) is 6.33 Å². The van der Waals surface area contributed by atoms with Gasteiger partial charge in [-0.2, -0.15) is 0 Å². The first-order valence-corrected chi connectivity index (χ1v) is 6.37. The van der Waals surface area contributed by atoms with Crippen LogP contribution in [0.2, 0.25) is 0 Å². The van der Waals surface area contributed by atoms with E-state index in [9.17, 15) is 0 Å². The van der Waals surface area contributed by atoms with Crippen molar-refractivity contribution in [2.75, 3.05) is 24.0 Å². The lowest BCUT2D eigenvalue weighted by Crippen LogP contribution is -2.24. The predicted molar refractivity (Wildman–Crippen MR) is 73.4 cm³/mol. The quantitative estimate of drug-likeness (QED) is 0.481. The first-order valence-electron chi connectivity index (χ1n) is 6.37. The van der Waals surface area contributed by atoms with Crippen molar-refractivity contribution in [3.05, 3.63) is 11.9 Å². The van der Waals surface area contributed by atoms with E-state index >= 15 is 0 Å². The third-order valence-corrected chi connectivity index (χ3v) is 2.54. The Morgan fingerprint density at radius 3 is 2.67 bits per heavy atom. The third-order valence-electron chi connectivity index (χ3n) is 2.54. The molecule has 18 heavy (non-hydrogen) atoms. The number of hydrogen-bond donors (Lipinski definition) is 3. The van der Waals surface area contributed by atoms with Crippen LogP contribution in [0, 0.1) is 0 Å². The smallest absolute Gasteiger partial charge is 0.148 e. The maximum Gasteiger partial charge on any atom is 0.148 e. The fraction of sp³-hybridized carbons (Fsp3) is 0.667. The second kappa shape index (κ2) is 7.84. The molecule has 1 atom stereocenters. The molecule has 0 spiro atoms. The monoisotopic (exact) mass is 253 g/mol. The van der Waals surface area contributed by atoms with Crippen molar-refractivity contribution in [3.63, 3.8) is 0 Å². The molecule has 4 N–H and O–H groups in total. The lowest BCUT2D eigenvalue weighted by atomic mass is 10.1. The van der Waals surface area contributed by atoms with E-state index < -0.39 is 0 Å². The molecule has 1 aromatic heterocycles. The van der Waals surface area contributed by atoms with Gasteiger partial charge in [0.2, 0.25) is 0 Å². The molecule has 102 valence electrons. The zero-order valence-electron chi connectivity index (χ0n) is 11.4. The van der Waals surface area contributed by atoms with Crippen LogP contribution < -0.4 is 16.6 Å². The maximum atomic E-state index is 5.47. The van der Waals surface area contributed by atoms with Gasteiger partial charge < -0.3 is 15.5 Å². The minimum Gasteiger partial charge on any atom is -0.380 e. The van der Waals surface area contributed by atoms with E-state index in [4.69, 9.17) is 10.6 Å². The maximum absolute atomic E-state index is 5.47. The van der Waals surface area contributed by atoms with Crippen LogP contribution >= 0.6 is 0 Å². The molecule has 1 unspecified atom stereocenters. The number of hydrogen-bond acceptors (Lipinski definition) is 6. The minimum atomic E-state index is 0.195. The molecular weight excluding hydrogens is 230 g/mol. The fourth-order valence-electron chi connectivity index (χ4n) is 1.72. The first kappa shape index (κ1) is 14.7. The molecular formula is C12H23N5O. The van der Waals surface area contributed by atoms with Gasteiger partial charge in [-0.1, -0.05) is 13.3 Å². The zero-order chi connectivity index (χ0) is 13.4. The van der Waals surface area contributed by atoms with Gasteiger partial charge in [-0.15, -0.1) is 0 Å². The molecule has 1 heterocycles. The van der Waals surface area contributed by atoms with Gasteiger partial charge in [-0.05, 0) is 20.3 Å². The molecule has 0 bridgehead atoms. The predicted octanol–water partition coefficient (Wildman–Crippen LogP) is 1.55. The molecule has 6 nitrogen and oxygen atoms in total. The van der Waals surface area contributed by atoms with Crippen molar-refractivity contribution >= 4 is 11.6 Å². The first-order chi connectivity index (χ1) is 8.72. The number of hydrazine groups is 1. The Labute approximate surface area is 108 Å². The molecule has 0 aliphatic carbocycles. The number of aromatic nitrogens is 2. The summed E-state index contributed by atoms with van der Waals surface area (Å²) in [6.07, 6.45) is 3.39. The summed E-state index contributed by atoms with van der Waals surface area (Å²) in [5.74, 6) is 6.97. The van der Waals surface area contributed by atoms with Crippen LogP contribution in [0.25, 0.3) is 0 Å². The number of rotatable bonds is 8. The molecule has 1 rings (SSSR count). The largest absolute Gasteiger partial charge is 0.380 e. The highest BCUT2D eigenvalue weighted by Gasteiger charge is 2.12. The van der Waals surface area contributed by atoms with Crippen LogP contribution in [0.1, 0.15) is 32.8 Å². The van der Waals surface area contributed by atoms with E-state index in [2.05, 4.69) is 34.6 Å². The van der Waals surface area contributed by atoms with Crippen molar-refractivity contribution < 1.29 is 4.74 Å². The molecule has 0 aromatic carbocycles. The van der Waals surface area contributed by atoms with Gasteiger partial charge in [0.05, 0.1) is 6.61 Å². The van der Waals surface area contributed by atoms with Crippen molar-refractivity contribution in [1.82, 2.24) is 9.97 Å². The highest BCUT2D eigenvalue weighted by Crippen LogP contribution is 2.21. The van der Waals surface area contributed by atoms with Crippen molar-refractivity contribution in [2.24, 2.45) is 5.84 Å². The topological polar surface area (TPSA) is 85.1 Å². The van der Waals surface area contributed by atoms with Gasteiger partial charge in [0.15, 0.2) is 0 Å². The number of nitrogens with zero attached hydrogens (tertiary/aromatic N) is 2. The Morgan fingerprint density at radius 2 is 2.06 bits per heavy atom. The summed E-state index contributed by atoms with van der Waals surface area (Å²) in [6, 6.07) is 0.195. The van der Waals surface area contributed by atoms with E-state index in [0.717, 1.165) is 24.2 Å². The summed E-state index contributed by atoms with van der Waals surface area (Å²) in [5.41, 5.74) is 3.63. The lowest BCUT2D eigenvalue weighted by Gasteiger charge is -2.18. The molecule has 0 radical (unpaired) electrons. The highest BCUT2D eigenvalue weighted by atomic mass is 16.5. The SMILES string of the molecule is CCCc1c(NN)ncnc1NC(C)COCC. The second-order valence-corrected chi connectivity index (χ2v) is 4.15. The molecule has 0 amide bonds. The molecule has 1 aromatic rings. The Balaban J connectivity index is 2.79. The van der Waals surface area contributed by atoms with Crippen LogP contribution in [-0.4, -0.2) is 29.2 Å². The van der Waals surface area contributed by atoms with Crippen LogP contribution in [0.4, 0.5) is 11.6 Å². The Morgan fingerprint density at radius 1 is 1.33 bits per heavy atom. The summed E-state index contributed by atoms with van der Waals surface area (Å²) in [5, 5.41) is 3.33. The summed E-state index contributed by atoms with van der Waals surface area (Å²) in [6.45, 7) is 7.52. The van der Waals surface area contributed by atoms with Gasteiger partial charge in [-0.25, -0.2) is 15.8 Å². The van der Waals surface area contributed by atoms with E-state index in [1.165, 1.54) is 6.33 Å². The van der Waals surface area contributed by atoms with Crippen molar-refractivity contribution in [2.45, 2.75) is 39.7 Å². The molecule has 0 aliphatic heterocycles. The molecule has 0 fully saturated rings. The van der Waals surface area contributed by atoms with Gasteiger partial charge in [0, 0.05) is 18.2 Å². The van der Waals surface area contributed by atoms with Crippen molar-refractivity contribution in [1.29, 1.82) is 0 Å². The van der Waals surface area contributed by atoms with Crippen molar-refractivity contribution in [3.8, 4) is 0 Å². The van der Waals surface area contributed by atoms with Crippen LogP contribution in [-0.2, 0) is 11.2 Å². The van der Waals surface area contributed by atoms with E-state index in [-0.39, 0.29) is 6.04 Å². The van der Waals surface area contributed by atoms with Gasteiger partial charge in [0.25, 0.3) is 0 Å². The second-order valence-electron chi connectivity index (χ2n) is 4.15. The lowest BCUT2D eigenvalue weighted by molar-refractivity contribution is 0.141. The molecule has 6 heteroatoms. The van der Waals surface area contributed by atoms with E-state index in [0.29, 0.717) is 19.0 Å². The molecule has 0 saturated carbocycles. The molecule has 0 saturated heterocycles. The van der Waals surface area contributed by atoms with Crippen LogP contribution in [0.3, 0.4) is 0 Å². The normalized spacial score (nSPS) is 12.2. The average Bonchev–Trinajstić information content (AvgIpc) is 2.38. The Bertz CT molecular complexity index is 358. The summed E-state index contributed by atoms with van der Waals surface area (Å²) in [7, 11) is 0. The summed E-state index contributed by atoms with van der Waals surface area (Å²) < 4.78 is 5.38. The number of nitrogens with two attached hydrogens (primary N) is 1. The standard InChI is InChI=1S/C12H23N5O/c1-4-6-10-11(14-8-15-12(10)17-13)16-9(3)7-18-5-2/h8-9H,4-7,13H2,1-3H3,(H2,14,15,16,17). The Hall–Kier alpha value is -1.40. The van der Waals surface area contributed by atoms with Crippen LogP contribution in [0.5, 0.6) is 0 Å². The van der Waals surface area contributed by atoms with Gasteiger partial charge in [-0.3, -0.25) is 0 Å². The fourth-order valence-corrected chi connectivity index (χ4v) is 1.72. The highest BCUT2D eigenvalue weighted by molar-refractivity contribution is 5.57. The van der Waals surface area contributed by atoms with Gasteiger partial charge >= 0.3 is 0 Å². The number of ether oxygens (including phenoxy) is 1. The molecule has 0 aliphatic rings. The zero-order valence-corrected chi connectivity index (χ0v) is 11.4. The average molecular weight is 253 g/mol. The summed E-state index contributed by atoms with van der Waals surface area (Å²) >= 11 is 0. The van der Waals surface area contributed by atoms with E-state index in [1.807, 2.05) is 6.92 Å². The number of anilines is 2. The van der Waals surface area contributed by atoms with E-state index in [1.54, 1.807) is 0 Å². The number of nitrogen functional groups attached to an aromatic ring is 1. The Kier molecular flexibility index (Phi) is 6.38. The number of nitrogens with one attached hydrogen (secondary N) is 2. The summed E-state index contributed by atoms with van der Waals surface area (Å²) in [4.78, 5) is 8.41. The van der Waals surface area contributed by atoms with Gasteiger partial charge in [0.1, 0.15) is 18.0 Å². The third kappa shape index (κ3) is 4.12. The minimum absolute atomic E-state index is 0.195.